The quantitative estimate of drug-likeness (QED) is 0.659. The third-order valence-corrected chi connectivity index (χ3v) is 4.23. The molecule has 0 spiro atoms. The summed E-state index contributed by atoms with van der Waals surface area (Å²) in [6, 6.07) is 17.9. The molecule has 128 valence electrons. The molecule has 1 unspecified atom stereocenters. The molecule has 0 aliphatic rings. The Labute approximate surface area is 143 Å². The molecule has 0 radical (unpaired) electrons. The van der Waals surface area contributed by atoms with Crippen LogP contribution in [0.4, 0.5) is 0 Å². The highest BCUT2D eigenvalue weighted by molar-refractivity contribution is 5.66. The minimum absolute atomic E-state index is 0.0632. The summed E-state index contributed by atoms with van der Waals surface area (Å²) >= 11 is 0. The lowest BCUT2D eigenvalue weighted by molar-refractivity contribution is -0.137. The number of aliphatic hydroxyl groups excluding tert-OH is 1. The van der Waals surface area contributed by atoms with E-state index in [0.29, 0.717) is 12.8 Å². The number of aliphatic hydroxyl groups is 1. The van der Waals surface area contributed by atoms with Crippen molar-refractivity contribution in [3.63, 3.8) is 0 Å². The van der Waals surface area contributed by atoms with Crippen LogP contribution < -0.4 is 5.32 Å². The van der Waals surface area contributed by atoms with Crippen molar-refractivity contribution in [3.05, 3.63) is 71.3 Å². The van der Waals surface area contributed by atoms with Crippen LogP contribution in [-0.4, -0.2) is 23.2 Å². The molecule has 0 aliphatic heterocycles. The molecule has 0 aromatic heterocycles. The van der Waals surface area contributed by atoms with Crippen LogP contribution in [0.5, 0.6) is 0 Å². The first-order valence-electron chi connectivity index (χ1n) is 8.31. The van der Waals surface area contributed by atoms with E-state index < -0.39 is 12.1 Å². The number of rotatable bonds is 9. The SMILES string of the molecule is CN[C@H](CC(O)c1ccccc1)c1ccc(CCCC(=O)O)cc1. The maximum Gasteiger partial charge on any atom is 0.303 e. The van der Waals surface area contributed by atoms with Crippen LogP contribution in [0.2, 0.25) is 0 Å². The molecule has 24 heavy (non-hydrogen) atoms. The van der Waals surface area contributed by atoms with E-state index >= 15 is 0 Å². The van der Waals surface area contributed by atoms with E-state index in [1.807, 2.05) is 49.5 Å². The highest BCUT2D eigenvalue weighted by atomic mass is 16.4. The van der Waals surface area contributed by atoms with Gasteiger partial charge in [0.15, 0.2) is 0 Å². The van der Waals surface area contributed by atoms with Crippen molar-refractivity contribution in [2.45, 2.75) is 37.8 Å². The van der Waals surface area contributed by atoms with Gasteiger partial charge in [0.05, 0.1) is 6.10 Å². The Hall–Kier alpha value is -2.17. The minimum atomic E-state index is -0.753. The second-order valence-corrected chi connectivity index (χ2v) is 5.99. The number of benzene rings is 2. The van der Waals surface area contributed by atoms with Gasteiger partial charge in [-0.2, -0.15) is 0 Å². The van der Waals surface area contributed by atoms with Crippen molar-refractivity contribution in [1.82, 2.24) is 5.32 Å². The molecule has 2 aromatic carbocycles. The fraction of sp³-hybridized carbons (Fsp3) is 0.350. The van der Waals surface area contributed by atoms with Gasteiger partial charge in [-0.25, -0.2) is 0 Å². The topological polar surface area (TPSA) is 69.6 Å². The van der Waals surface area contributed by atoms with Gasteiger partial charge >= 0.3 is 5.97 Å². The summed E-state index contributed by atoms with van der Waals surface area (Å²) in [7, 11) is 1.89. The van der Waals surface area contributed by atoms with Gasteiger partial charge < -0.3 is 15.5 Å². The predicted molar refractivity (Wildman–Crippen MR) is 94.8 cm³/mol. The number of aliphatic carboxylic acids is 1. The van der Waals surface area contributed by atoms with Gasteiger partial charge in [-0.05, 0) is 43.0 Å². The lowest BCUT2D eigenvalue weighted by atomic mass is 9.95. The molecule has 0 aliphatic carbocycles. The van der Waals surface area contributed by atoms with E-state index in [1.165, 1.54) is 0 Å². The summed E-state index contributed by atoms with van der Waals surface area (Å²) in [6.45, 7) is 0. The van der Waals surface area contributed by atoms with Crippen molar-refractivity contribution in [1.29, 1.82) is 0 Å². The number of carboxylic acids is 1. The van der Waals surface area contributed by atoms with Crippen molar-refractivity contribution in [3.8, 4) is 0 Å². The highest BCUT2D eigenvalue weighted by Gasteiger charge is 2.16. The fourth-order valence-corrected chi connectivity index (χ4v) is 2.82. The largest absolute Gasteiger partial charge is 0.481 e. The van der Waals surface area contributed by atoms with Gasteiger partial charge in [0.1, 0.15) is 0 Å². The van der Waals surface area contributed by atoms with Crippen LogP contribution >= 0.6 is 0 Å². The number of nitrogens with one attached hydrogen (secondary N) is 1. The monoisotopic (exact) mass is 327 g/mol. The van der Waals surface area contributed by atoms with E-state index in [4.69, 9.17) is 5.11 Å². The molecule has 0 saturated heterocycles. The molecule has 2 aromatic rings. The van der Waals surface area contributed by atoms with Gasteiger partial charge in [0.2, 0.25) is 0 Å². The molecule has 2 rings (SSSR count). The Kier molecular flexibility index (Phi) is 6.97. The van der Waals surface area contributed by atoms with Gasteiger partial charge in [0, 0.05) is 12.5 Å². The average molecular weight is 327 g/mol. The summed E-state index contributed by atoms with van der Waals surface area (Å²) in [4.78, 5) is 10.6. The zero-order chi connectivity index (χ0) is 17.4. The normalized spacial score (nSPS) is 13.4. The van der Waals surface area contributed by atoms with Crippen molar-refractivity contribution < 1.29 is 15.0 Å². The Morgan fingerprint density at radius 2 is 1.71 bits per heavy atom. The molecule has 0 fully saturated rings. The third kappa shape index (κ3) is 5.48. The standard InChI is InChI=1S/C20H25NO3/c1-21-18(14-19(22)17-7-3-2-4-8-17)16-12-10-15(11-13-16)6-5-9-20(23)24/h2-4,7-8,10-13,18-19,21-22H,5-6,9,14H2,1H3,(H,23,24)/t18-,19?/m1/s1. The van der Waals surface area contributed by atoms with Crippen LogP contribution in [0.25, 0.3) is 0 Å². The molecule has 4 nitrogen and oxygen atoms in total. The lowest BCUT2D eigenvalue weighted by Gasteiger charge is -2.21. The molecular formula is C20H25NO3. The Balaban J connectivity index is 1.96. The first-order chi connectivity index (χ1) is 11.6. The number of hydrogen-bond acceptors (Lipinski definition) is 3. The molecule has 0 saturated carbocycles. The van der Waals surface area contributed by atoms with Crippen LogP contribution in [0, 0.1) is 0 Å². The average Bonchev–Trinajstić information content (AvgIpc) is 2.60. The molecule has 0 amide bonds. The summed E-state index contributed by atoms with van der Waals surface area (Å²) in [5.41, 5.74) is 3.18. The fourth-order valence-electron chi connectivity index (χ4n) is 2.82. The molecule has 2 atom stereocenters. The maximum absolute atomic E-state index is 10.6. The van der Waals surface area contributed by atoms with Crippen molar-refractivity contribution in [2.24, 2.45) is 0 Å². The Morgan fingerprint density at radius 1 is 1.04 bits per heavy atom. The van der Waals surface area contributed by atoms with Crippen molar-refractivity contribution >= 4 is 5.97 Å². The Bertz CT molecular complexity index is 625. The number of carboxylic acid groups (broad SMARTS) is 1. The van der Waals surface area contributed by atoms with E-state index in [-0.39, 0.29) is 12.5 Å². The van der Waals surface area contributed by atoms with Gasteiger partial charge in [0.25, 0.3) is 0 Å². The molecular weight excluding hydrogens is 302 g/mol. The summed E-state index contributed by atoms with van der Waals surface area (Å²) < 4.78 is 0. The number of aryl methyl sites for hydroxylation is 1. The lowest BCUT2D eigenvalue weighted by Crippen LogP contribution is -2.19. The second-order valence-electron chi connectivity index (χ2n) is 5.99. The summed E-state index contributed by atoms with van der Waals surface area (Å²) in [5, 5.41) is 22.4. The minimum Gasteiger partial charge on any atom is -0.481 e. The zero-order valence-electron chi connectivity index (χ0n) is 14.0. The van der Waals surface area contributed by atoms with E-state index in [1.54, 1.807) is 0 Å². The predicted octanol–water partition coefficient (Wildman–Crippen LogP) is 3.48. The number of hydrogen-bond donors (Lipinski definition) is 3. The van der Waals surface area contributed by atoms with Gasteiger partial charge in [-0.1, -0.05) is 54.6 Å². The summed E-state index contributed by atoms with van der Waals surface area (Å²) in [6.07, 6.45) is 1.70. The first kappa shape index (κ1) is 18.2. The maximum atomic E-state index is 10.6. The van der Waals surface area contributed by atoms with E-state index in [2.05, 4.69) is 17.4 Å². The summed E-state index contributed by atoms with van der Waals surface area (Å²) in [5.74, 6) is -0.753. The highest BCUT2D eigenvalue weighted by Crippen LogP contribution is 2.26. The van der Waals surface area contributed by atoms with Crippen LogP contribution in [0.1, 0.15) is 48.1 Å². The Morgan fingerprint density at radius 3 is 2.29 bits per heavy atom. The molecule has 0 bridgehead atoms. The van der Waals surface area contributed by atoms with E-state index in [9.17, 15) is 9.90 Å². The van der Waals surface area contributed by atoms with Gasteiger partial charge in [-0.15, -0.1) is 0 Å². The second kappa shape index (κ2) is 9.21. The van der Waals surface area contributed by atoms with E-state index in [0.717, 1.165) is 23.1 Å². The van der Waals surface area contributed by atoms with Crippen molar-refractivity contribution in [2.75, 3.05) is 7.05 Å². The van der Waals surface area contributed by atoms with Crippen LogP contribution in [0.3, 0.4) is 0 Å². The molecule has 4 heteroatoms. The first-order valence-corrected chi connectivity index (χ1v) is 8.31. The number of carbonyl (C=O) groups is 1. The van der Waals surface area contributed by atoms with Crippen LogP contribution in [-0.2, 0) is 11.2 Å². The zero-order valence-corrected chi connectivity index (χ0v) is 14.0. The smallest absolute Gasteiger partial charge is 0.303 e. The third-order valence-electron chi connectivity index (χ3n) is 4.23. The van der Waals surface area contributed by atoms with Crippen LogP contribution in [0.15, 0.2) is 54.6 Å². The van der Waals surface area contributed by atoms with Gasteiger partial charge in [-0.3, -0.25) is 4.79 Å². The molecule has 0 heterocycles. The molecule has 3 N–H and O–H groups in total.